The number of esters is 1. The molecule has 32 heavy (non-hydrogen) atoms. The first-order valence-corrected chi connectivity index (χ1v) is 10.3. The van der Waals surface area contributed by atoms with Gasteiger partial charge in [-0.25, -0.2) is 9.89 Å². The second-order valence-electron chi connectivity index (χ2n) is 7.22. The molecule has 1 N–H and O–H groups in total. The van der Waals surface area contributed by atoms with Crippen molar-refractivity contribution in [2.24, 2.45) is 0 Å². The van der Waals surface area contributed by atoms with Gasteiger partial charge in [-0.3, -0.25) is 4.98 Å². The lowest BCUT2D eigenvalue weighted by Gasteiger charge is -2.14. The molecule has 2 aromatic carbocycles. The number of H-pyrrole nitrogens is 1. The van der Waals surface area contributed by atoms with Crippen LogP contribution in [0.4, 0.5) is 0 Å². The number of aryl methyl sites for hydroxylation is 2. The molecule has 8 heteroatoms. The Morgan fingerprint density at radius 1 is 1.03 bits per heavy atom. The van der Waals surface area contributed by atoms with Crippen molar-refractivity contribution in [3.63, 3.8) is 0 Å². The van der Waals surface area contributed by atoms with E-state index in [1.54, 1.807) is 19.9 Å². The number of carbonyl (C=O) groups excluding carboxylic acids is 1. The highest BCUT2D eigenvalue weighted by Gasteiger charge is 2.19. The zero-order valence-electron chi connectivity index (χ0n) is 18.1. The number of pyridine rings is 1. The van der Waals surface area contributed by atoms with Gasteiger partial charge in [0.25, 0.3) is 0 Å². The van der Waals surface area contributed by atoms with Gasteiger partial charge in [0.15, 0.2) is 5.82 Å². The first kappa shape index (κ1) is 21.2. The highest BCUT2D eigenvalue weighted by Crippen LogP contribution is 2.30. The molecule has 0 radical (unpaired) electrons. The van der Waals surface area contributed by atoms with Gasteiger partial charge in [-0.1, -0.05) is 48.5 Å². The van der Waals surface area contributed by atoms with Gasteiger partial charge in [0, 0.05) is 17.3 Å². The van der Waals surface area contributed by atoms with Gasteiger partial charge >= 0.3 is 5.97 Å². The Balaban J connectivity index is 1.55. The molecule has 162 valence electrons. The Morgan fingerprint density at radius 2 is 1.78 bits per heavy atom. The molecular weight excluding hydrogens is 406 g/mol. The molecule has 4 aromatic rings. The molecule has 8 nitrogen and oxygen atoms in total. The second-order valence-corrected chi connectivity index (χ2v) is 7.22. The Morgan fingerprint density at radius 3 is 2.47 bits per heavy atom. The van der Waals surface area contributed by atoms with Crippen LogP contribution in [0.2, 0.25) is 0 Å². The normalized spacial score (nSPS) is 10.7. The van der Waals surface area contributed by atoms with E-state index in [9.17, 15) is 4.79 Å². The molecule has 0 amide bonds. The lowest BCUT2D eigenvalue weighted by Crippen LogP contribution is -2.11. The van der Waals surface area contributed by atoms with E-state index in [0.29, 0.717) is 36.0 Å². The van der Waals surface area contributed by atoms with E-state index >= 15 is 0 Å². The number of hydrogen-bond donors (Lipinski definition) is 1. The van der Waals surface area contributed by atoms with E-state index in [4.69, 9.17) is 9.47 Å². The van der Waals surface area contributed by atoms with Gasteiger partial charge in [-0.15, -0.1) is 5.10 Å². The molecule has 0 fully saturated rings. The summed E-state index contributed by atoms with van der Waals surface area (Å²) in [6.45, 7) is 6.02. The number of carbonyl (C=O) groups is 1. The van der Waals surface area contributed by atoms with Crippen LogP contribution in [0, 0.1) is 13.8 Å². The van der Waals surface area contributed by atoms with Crippen LogP contribution in [-0.2, 0) is 11.3 Å². The average Bonchev–Trinajstić information content (AvgIpc) is 3.32. The monoisotopic (exact) mass is 429 g/mol. The standard InChI is InChI=1S/C24H23N5O3/c1-4-31-24(30)22-16(3)25-15(2)13-21(22)32-14-17-9-11-18(12-10-17)19-7-5-6-8-20(19)23-26-28-29-27-23/h5-13H,4,14H2,1-3H3,(H,26,27,28,29). The maximum Gasteiger partial charge on any atom is 0.343 e. The molecule has 0 spiro atoms. The predicted molar refractivity (Wildman–Crippen MR) is 119 cm³/mol. The van der Waals surface area contributed by atoms with Crippen molar-refractivity contribution in [1.82, 2.24) is 25.6 Å². The largest absolute Gasteiger partial charge is 0.488 e. The minimum atomic E-state index is -0.429. The summed E-state index contributed by atoms with van der Waals surface area (Å²) in [4.78, 5) is 16.8. The number of rotatable bonds is 7. The molecule has 4 rings (SSSR count). The topological polar surface area (TPSA) is 103 Å². The molecule has 0 aliphatic heterocycles. The summed E-state index contributed by atoms with van der Waals surface area (Å²) in [6.07, 6.45) is 0. The molecule has 0 saturated heterocycles. The summed E-state index contributed by atoms with van der Waals surface area (Å²) >= 11 is 0. The SMILES string of the molecule is CCOC(=O)c1c(OCc2ccc(-c3ccccc3-c3nnn[nH]3)cc2)cc(C)nc1C. The number of hydrogen-bond acceptors (Lipinski definition) is 7. The van der Waals surface area contributed by atoms with Crippen LogP contribution in [0.3, 0.4) is 0 Å². The van der Waals surface area contributed by atoms with E-state index < -0.39 is 5.97 Å². The first-order chi connectivity index (χ1) is 15.6. The summed E-state index contributed by atoms with van der Waals surface area (Å²) in [7, 11) is 0. The highest BCUT2D eigenvalue weighted by atomic mass is 16.5. The van der Waals surface area contributed by atoms with Gasteiger partial charge in [0.2, 0.25) is 0 Å². The van der Waals surface area contributed by atoms with Gasteiger partial charge in [0.05, 0.1) is 12.3 Å². The van der Waals surface area contributed by atoms with Crippen molar-refractivity contribution in [3.8, 4) is 28.3 Å². The van der Waals surface area contributed by atoms with Gasteiger partial charge in [-0.2, -0.15) is 0 Å². The number of nitrogens with one attached hydrogen (secondary N) is 1. The molecule has 0 atom stereocenters. The number of aromatic amines is 1. The zero-order chi connectivity index (χ0) is 22.5. The highest BCUT2D eigenvalue weighted by molar-refractivity contribution is 5.93. The molecule has 0 aliphatic carbocycles. The summed E-state index contributed by atoms with van der Waals surface area (Å²) in [5.74, 6) is 0.657. The van der Waals surface area contributed by atoms with E-state index in [1.165, 1.54) is 0 Å². The van der Waals surface area contributed by atoms with Crippen LogP contribution in [0.1, 0.15) is 34.2 Å². The number of nitrogens with zero attached hydrogens (tertiary/aromatic N) is 4. The lowest BCUT2D eigenvalue weighted by molar-refractivity contribution is 0.0519. The molecule has 2 heterocycles. The molecule has 2 aromatic heterocycles. The zero-order valence-corrected chi connectivity index (χ0v) is 18.1. The van der Waals surface area contributed by atoms with Crippen LogP contribution >= 0.6 is 0 Å². The summed E-state index contributed by atoms with van der Waals surface area (Å²) in [6, 6.07) is 17.7. The number of aromatic nitrogens is 5. The van der Waals surface area contributed by atoms with Gasteiger partial charge < -0.3 is 9.47 Å². The summed E-state index contributed by atoms with van der Waals surface area (Å²) in [5.41, 5.74) is 5.67. The van der Waals surface area contributed by atoms with Gasteiger partial charge in [0.1, 0.15) is 17.9 Å². The molecular formula is C24H23N5O3. The quantitative estimate of drug-likeness (QED) is 0.437. The first-order valence-electron chi connectivity index (χ1n) is 10.3. The maximum absolute atomic E-state index is 12.4. The van der Waals surface area contributed by atoms with E-state index in [1.807, 2.05) is 55.5 Å². The number of ether oxygens (including phenoxy) is 2. The average molecular weight is 429 g/mol. The molecule has 0 saturated carbocycles. The fourth-order valence-electron chi connectivity index (χ4n) is 3.51. The van der Waals surface area contributed by atoms with Crippen molar-refractivity contribution in [2.75, 3.05) is 6.61 Å². The third-order valence-corrected chi connectivity index (χ3v) is 4.96. The Bertz CT molecular complexity index is 1220. The van der Waals surface area contributed by atoms with E-state index in [0.717, 1.165) is 27.9 Å². The van der Waals surface area contributed by atoms with Gasteiger partial charge in [-0.05, 0) is 47.9 Å². The predicted octanol–water partition coefficient (Wildman–Crippen LogP) is 4.30. The van der Waals surface area contributed by atoms with E-state index in [2.05, 4.69) is 25.6 Å². The van der Waals surface area contributed by atoms with Crippen LogP contribution in [0.5, 0.6) is 5.75 Å². The fraction of sp³-hybridized carbons (Fsp3) is 0.208. The van der Waals surface area contributed by atoms with Crippen molar-refractivity contribution in [1.29, 1.82) is 0 Å². The molecule has 0 unspecified atom stereocenters. The minimum Gasteiger partial charge on any atom is -0.488 e. The van der Waals surface area contributed by atoms with E-state index in [-0.39, 0.29) is 0 Å². The summed E-state index contributed by atoms with van der Waals surface area (Å²) in [5, 5.41) is 14.2. The number of tetrazole rings is 1. The van der Waals surface area contributed by atoms with Crippen LogP contribution < -0.4 is 4.74 Å². The van der Waals surface area contributed by atoms with Crippen LogP contribution in [-0.4, -0.2) is 38.2 Å². The molecule has 0 aliphatic rings. The van der Waals surface area contributed by atoms with Crippen molar-refractivity contribution < 1.29 is 14.3 Å². The van der Waals surface area contributed by atoms with Crippen molar-refractivity contribution in [3.05, 3.63) is 77.1 Å². The Kier molecular flexibility index (Phi) is 6.21. The van der Waals surface area contributed by atoms with Crippen molar-refractivity contribution in [2.45, 2.75) is 27.4 Å². The van der Waals surface area contributed by atoms with Crippen LogP contribution in [0.25, 0.3) is 22.5 Å². The van der Waals surface area contributed by atoms with Crippen LogP contribution in [0.15, 0.2) is 54.6 Å². The smallest absolute Gasteiger partial charge is 0.343 e. The lowest BCUT2D eigenvalue weighted by atomic mass is 9.98. The summed E-state index contributed by atoms with van der Waals surface area (Å²) < 4.78 is 11.2. The molecule has 0 bridgehead atoms. The third kappa shape index (κ3) is 4.49. The Labute approximate surface area is 185 Å². The van der Waals surface area contributed by atoms with Crippen molar-refractivity contribution >= 4 is 5.97 Å². The maximum atomic E-state index is 12.4. The second kappa shape index (κ2) is 9.38. The Hall–Kier alpha value is -4.07. The fourth-order valence-corrected chi connectivity index (χ4v) is 3.51. The minimum absolute atomic E-state index is 0.290. The third-order valence-electron chi connectivity index (χ3n) is 4.96. The number of benzene rings is 2.